The molecule has 0 bridgehead atoms. The standard InChI is InChI=1S/C8H13N3OS2/c1-8(2,14-13)7(12)10-6-4-11(3)5-9-6/h4-5,13H,1-3H3,(H,10,12). The molecule has 1 N–H and O–H groups in total. The van der Waals surface area contributed by atoms with Crippen LogP contribution in [0.25, 0.3) is 0 Å². The first-order valence-corrected chi connectivity index (χ1v) is 5.94. The van der Waals surface area contributed by atoms with Crippen molar-refractivity contribution >= 4 is 34.2 Å². The Labute approximate surface area is 92.3 Å². The van der Waals surface area contributed by atoms with Crippen LogP contribution in [0.1, 0.15) is 13.8 Å². The Morgan fingerprint density at radius 3 is 2.79 bits per heavy atom. The first-order chi connectivity index (χ1) is 6.45. The van der Waals surface area contributed by atoms with Gasteiger partial charge in [0, 0.05) is 13.2 Å². The van der Waals surface area contributed by atoms with Gasteiger partial charge in [-0.2, -0.15) is 0 Å². The van der Waals surface area contributed by atoms with Crippen LogP contribution in [0.15, 0.2) is 12.5 Å². The summed E-state index contributed by atoms with van der Waals surface area (Å²) >= 11 is 4.04. The zero-order valence-electron chi connectivity index (χ0n) is 8.31. The fourth-order valence-electron chi connectivity index (χ4n) is 0.786. The molecule has 0 aromatic carbocycles. The van der Waals surface area contributed by atoms with E-state index in [9.17, 15) is 4.79 Å². The highest BCUT2D eigenvalue weighted by molar-refractivity contribution is 8.69. The number of carbonyl (C=O) groups is 1. The predicted octanol–water partition coefficient (Wildman–Crippen LogP) is 1.72. The number of hydrogen-bond acceptors (Lipinski definition) is 4. The minimum absolute atomic E-state index is 0.101. The van der Waals surface area contributed by atoms with Gasteiger partial charge in [-0.25, -0.2) is 4.98 Å². The van der Waals surface area contributed by atoms with Crippen LogP contribution in [0, 0.1) is 0 Å². The van der Waals surface area contributed by atoms with Crippen molar-refractivity contribution in [3.8, 4) is 0 Å². The molecular formula is C8H13N3OS2. The number of nitrogens with one attached hydrogen (secondary N) is 1. The molecular weight excluding hydrogens is 218 g/mol. The van der Waals surface area contributed by atoms with E-state index < -0.39 is 4.75 Å². The van der Waals surface area contributed by atoms with Crippen molar-refractivity contribution in [3.05, 3.63) is 12.5 Å². The molecule has 78 valence electrons. The Kier molecular flexibility index (Phi) is 3.49. The molecule has 0 aliphatic heterocycles. The molecule has 1 aromatic rings. The van der Waals surface area contributed by atoms with Gasteiger partial charge in [-0.15, -0.1) is 11.7 Å². The minimum Gasteiger partial charge on any atom is -0.338 e. The molecule has 14 heavy (non-hydrogen) atoms. The van der Waals surface area contributed by atoms with Crippen LogP contribution in [-0.2, 0) is 11.8 Å². The second-order valence-electron chi connectivity index (χ2n) is 3.48. The lowest BCUT2D eigenvalue weighted by atomic mass is 10.2. The van der Waals surface area contributed by atoms with Gasteiger partial charge in [0.05, 0.1) is 11.1 Å². The van der Waals surface area contributed by atoms with E-state index in [2.05, 4.69) is 22.0 Å². The summed E-state index contributed by atoms with van der Waals surface area (Å²) in [7, 11) is 3.06. The highest BCUT2D eigenvalue weighted by Crippen LogP contribution is 2.28. The van der Waals surface area contributed by atoms with Gasteiger partial charge in [-0.05, 0) is 13.8 Å². The Bertz CT molecular complexity index is 335. The molecule has 0 aliphatic carbocycles. The molecule has 4 nitrogen and oxygen atoms in total. The lowest BCUT2D eigenvalue weighted by Crippen LogP contribution is -2.33. The molecule has 0 saturated heterocycles. The molecule has 0 spiro atoms. The number of anilines is 1. The highest BCUT2D eigenvalue weighted by Gasteiger charge is 2.27. The van der Waals surface area contributed by atoms with Gasteiger partial charge in [0.1, 0.15) is 0 Å². The predicted molar refractivity (Wildman–Crippen MR) is 62.5 cm³/mol. The monoisotopic (exact) mass is 231 g/mol. The smallest absolute Gasteiger partial charge is 0.242 e. The first-order valence-electron chi connectivity index (χ1n) is 4.07. The quantitative estimate of drug-likeness (QED) is 0.615. The second kappa shape index (κ2) is 4.27. The van der Waals surface area contributed by atoms with Crippen LogP contribution >= 0.6 is 22.5 Å². The van der Waals surface area contributed by atoms with Gasteiger partial charge in [-0.3, -0.25) is 4.79 Å². The molecule has 1 rings (SSSR count). The molecule has 0 aliphatic rings. The second-order valence-corrected chi connectivity index (χ2v) is 5.23. The molecule has 0 radical (unpaired) electrons. The number of thiol groups is 1. The van der Waals surface area contributed by atoms with Crippen LogP contribution in [0.3, 0.4) is 0 Å². The molecule has 1 heterocycles. The third-order valence-corrected chi connectivity index (χ3v) is 3.73. The van der Waals surface area contributed by atoms with Crippen LogP contribution in [0.2, 0.25) is 0 Å². The third kappa shape index (κ3) is 2.68. The van der Waals surface area contributed by atoms with E-state index in [1.54, 1.807) is 17.1 Å². The molecule has 0 unspecified atom stereocenters. The fraction of sp³-hybridized carbons (Fsp3) is 0.500. The minimum atomic E-state index is -0.555. The zero-order valence-corrected chi connectivity index (χ0v) is 10.0. The molecule has 0 fully saturated rings. The molecule has 0 atom stereocenters. The fourth-order valence-corrected chi connectivity index (χ4v) is 1.17. The molecule has 6 heteroatoms. The largest absolute Gasteiger partial charge is 0.338 e. The van der Waals surface area contributed by atoms with Crippen molar-refractivity contribution in [2.45, 2.75) is 18.6 Å². The van der Waals surface area contributed by atoms with Crippen LogP contribution in [0.4, 0.5) is 5.82 Å². The number of aromatic nitrogens is 2. The highest BCUT2D eigenvalue weighted by atomic mass is 33.1. The van der Waals surface area contributed by atoms with Gasteiger partial charge >= 0.3 is 0 Å². The van der Waals surface area contributed by atoms with Gasteiger partial charge < -0.3 is 9.88 Å². The maximum Gasteiger partial charge on any atom is 0.242 e. The maximum absolute atomic E-state index is 11.6. The Balaban J connectivity index is 2.66. The number of imidazole rings is 1. The Hall–Kier alpha value is -0.620. The number of carbonyl (C=O) groups excluding carboxylic acids is 1. The van der Waals surface area contributed by atoms with Gasteiger partial charge in [0.2, 0.25) is 5.91 Å². The van der Waals surface area contributed by atoms with E-state index >= 15 is 0 Å². The zero-order chi connectivity index (χ0) is 10.8. The number of hydrogen-bond donors (Lipinski definition) is 2. The van der Waals surface area contributed by atoms with E-state index in [-0.39, 0.29) is 5.91 Å². The van der Waals surface area contributed by atoms with E-state index in [1.807, 2.05) is 20.9 Å². The number of nitrogens with zero attached hydrogens (tertiary/aromatic N) is 2. The Morgan fingerprint density at radius 1 is 1.71 bits per heavy atom. The molecule has 0 saturated carbocycles. The lowest BCUT2D eigenvalue weighted by Gasteiger charge is -2.18. The van der Waals surface area contributed by atoms with Crippen LogP contribution in [0.5, 0.6) is 0 Å². The maximum atomic E-state index is 11.6. The van der Waals surface area contributed by atoms with Crippen molar-refractivity contribution < 1.29 is 4.79 Å². The summed E-state index contributed by atoms with van der Waals surface area (Å²) < 4.78 is 1.22. The average molecular weight is 231 g/mol. The topological polar surface area (TPSA) is 46.9 Å². The summed E-state index contributed by atoms with van der Waals surface area (Å²) in [6, 6.07) is 0. The van der Waals surface area contributed by atoms with Crippen LogP contribution < -0.4 is 5.32 Å². The summed E-state index contributed by atoms with van der Waals surface area (Å²) in [6.07, 6.45) is 3.38. The summed E-state index contributed by atoms with van der Waals surface area (Å²) in [5, 5.41) is 2.71. The van der Waals surface area contributed by atoms with Crippen molar-refractivity contribution in [2.24, 2.45) is 7.05 Å². The van der Waals surface area contributed by atoms with E-state index in [0.717, 1.165) is 0 Å². The first kappa shape index (κ1) is 11.5. The summed E-state index contributed by atoms with van der Waals surface area (Å²) in [5.74, 6) is 0.462. The summed E-state index contributed by atoms with van der Waals surface area (Å²) in [4.78, 5) is 15.6. The number of rotatable bonds is 3. The van der Waals surface area contributed by atoms with Crippen LogP contribution in [-0.4, -0.2) is 20.2 Å². The number of amides is 1. The lowest BCUT2D eigenvalue weighted by molar-refractivity contribution is -0.117. The van der Waals surface area contributed by atoms with E-state index in [4.69, 9.17) is 0 Å². The van der Waals surface area contributed by atoms with Crippen molar-refractivity contribution in [1.29, 1.82) is 0 Å². The normalized spacial score (nSPS) is 11.4. The third-order valence-electron chi connectivity index (χ3n) is 1.72. The average Bonchev–Trinajstić information content (AvgIpc) is 2.51. The van der Waals surface area contributed by atoms with E-state index in [1.165, 1.54) is 10.8 Å². The van der Waals surface area contributed by atoms with E-state index in [0.29, 0.717) is 5.82 Å². The van der Waals surface area contributed by atoms with Gasteiger partial charge in [-0.1, -0.05) is 10.8 Å². The van der Waals surface area contributed by atoms with Crippen molar-refractivity contribution in [2.75, 3.05) is 5.32 Å². The molecule has 1 aromatic heterocycles. The van der Waals surface area contributed by atoms with Crippen molar-refractivity contribution in [1.82, 2.24) is 9.55 Å². The summed E-state index contributed by atoms with van der Waals surface area (Å²) in [5.41, 5.74) is 0. The Morgan fingerprint density at radius 2 is 2.36 bits per heavy atom. The SMILES string of the molecule is Cn1cnc(NC(=O)C(C)(C)SS)c1. The van der Waals surface area contributed by atoms with Crippen molar-refractivity contribution in [3.63, 3.8) is 0 Å². The molecule has 1 amide bonds. The number of aryl methyl sites for hydroxylation is 1. The van der Waals surface area contributed by atoms with Gasteiger partial charge in [0.15, 0.2) is 5.82 Å². The van der Waals surface area contributed by atoms with Gasteiger partial charge in [0.25, 0.3) is 0 Å². The summed E-state index contributed by atoms with van der Waals surface area (Å²) in [6.45, 7) is 3.62.